The van der Waals surface area contributed by atoms with Crippen molar-refractivity contribution in [1.29, 1.82) is 0 Å². The fraction of sp³-hybridized carbons (Fsp3) is 0.429. The summed E-state index contributed by atoms with van der Waals surface area (Å²) in [5.41, 5.74) is 0.906. The Morgan fingerprint density at radius 3 is 2.71 bits per heavy atom. The largest absolute Gasteiger partial charge is 0.267 e. The molecule has 1 aromatic heterocycles. The number of rotatable bonds is 4. The summed E-state index contributed by atoms with van der Waals surface area (Å²) in [6.07, 6.45) is -0.561. The van der Waals surface area contributed by atoms with E-state index in [9.17, 15) is 12.8 Å². The number of aromatic nitrogens is 3. The SMILES string of the molecule is CCCS(=O)(=O)c1nc2n(n1)[C@H](c1ccccc1)C[C@@H]2F. The number of benzene rings is 1. The quantitative estimate of drug-likeness (QED) is 0.870. The predicted octanol–water partition coefficient (Wildman–Crippen LogP) is 2.47. The summed E-state index contributed by atoms with van der Waals surface area (Å²) in [5.74, 6) is 0.0854. The van der Waals surface area contributed by atoms with Crippen LogP contribution < -0.4 is 0 Å². The molecular weight excluding hydrogens is 293 g/mol. The molecule has 2 aromatic rings. The first kappa shape index (κ1) is 14.2. The van der Waals surface area contributed by atoms with Crippen molar-refractivity contribution in [2.45, 2.75) is 37.1 Å². The molecule has 0 unspecified atom stereocenters. The van der Waals surface area contributed by atoms with Crippen molar-refractivity contribution in [2.75, 3.05) is 5.75 Å². The zero-order valence-corrected chi connectivity index (χ0v) is 12.4. The Kier molecular flexibility index (Phi) is 3.52. The number of nitrogens with zero attached hydrogens (tertiary/aromatic N) is 3. The van der Waals surface area contributed by atoms with Crippen LogP contribution >= 0.6 is 0 Å². The van der Waals surface area contributed by atoms with Gasteiger partial charge in [0.05, 0.1) is 11.8 Å². The Bertz CT molecular complexity index is 743. The topological polar surface area (TPSA) is 64.8 Å². The number of halogens is 1. The maximum atomic E-state index is 14.1. The molecular formula is C14H16FN3O2S. The second-order valence-corrected chi connectivity index (χ2v) is 7.15. The van der Waals surface area contributed by atoms with E-state index in [4.69, 9.17) is 0 Å². The van der Waals surface area contributed by atoms with Gasteiger partial charge in [0.1, 0.15) is 0 Å². The molecule has 0 saturated heterocycles. The van der Waals surface area contributed by atoms with Gasteiger partial charge in [-0.15, -0.1) is 5.10 Å². The van der Waals surface area contributed by atoms with E-state index in [1.54, 1.807) is 6.92 Å². The van der Waals surface area contributed by atoms with E-state index in [1.165, 1.54) is 4.68 Å². The summed E-state index contributed by atoms with van der Waals surface area (Å²) >= 11 is 0. The molecule has 2 heterocycles. The third kappa shape index (κ3) is 2.46. The Balaban J connectivity index is 2.02. The summed E-state index contributed by atoms with van der Waals surface area (Å²) in [5, 5.41) is 3.81. The molecule has 21 heavy (non-hydrogen) atoms. The predicted molar refractivity (Wildman–Crippen MR) is 75.4 cm³/mol. The van der Waals surface area contributed by atoms with Gasteiger partial charge in [0.25, 0.3) is 5.16 Å². The van der Waals surface area contributed by atoms with Gasteiger partial charge in [0.15, 0.2) is 12.0 Å². The van der Waals surface area contributed by atoms with E-state index in [0.29, 0.717) is 6.42 Å². The van der Waals surface area contributed by atoms with E-state index in [2.05, 4.69) is 10.1 Å². The maximum Gasteiger partial charge on any atom is 0.267 e. The van der Waals surface area contributed by atoms with Gasteiger partial charge in [0, 0.05) is 6.42 Å². The van der Waals surface area contributed by atoms with Crippen molar-refractivity contribution in [1.82, 2.24) is 14.8 Å². The van der Waals surface area contributed by atoms with E-state index >= 15 is 0 Å². The molecule has 3 rings (SSSR count). The molecule has 0 saturated carbocycles. The van der Waals surface area contributed by atoms with Crippen molar-refractivity contribution in [2.24, 2.45) is 0 Å². The van der Waals surface area contributed by atoms with Gasteiger partial charge in [-0.2, -0.15) is 4.98 Å². The summed E-state index contributed by atoms with van der Waals surface area (Å²) in [6, 6.07) is 9.08. The van der Waals surface area contributed by atoms with Gasteiger partial charge >= 0.3 is 0 Å². The van der Waals surface area contributed by atoms with Crippen molar-refractivity contribution < 1.29 is 12.8 Å². The molecule has 7 heteroatoms. The molecule has 1 aromatic carbocycles. The molecule has 0 N–H and O–H groups in total. The third-order valence-electron chi connectivity index (χ3n) is 3.58. The molecule has 0 bridgehead atoms. The van der Waals surface area contributed by atoms with E-state index in [-0.39, 0.29) is 29.2 Å². The molecule has 0 amide bonds. The number of alkyl halides is 1. The fourth-order valence-corrected chi connectivity index (χ4v) is 3.77. The first-order chi connectivity index (χ1) is 10.0. The van der Waals surface area contributed by atoms with Crippen LogP contribution in [0.25, 0.3) is 0 Å². The zero-order valence-electron chi connectivity index (χ0n) is 11.6. The molecule has 0 spiro atoms. The molecule has 0 aliphatic carbocycles. The van der Waals surface area contributed by atoms with Crippen molar-refractivity contribution in [3.05, 3.63) is 41.7 Å². The van der Waals surface area contributed by atoms with Crippen LogP contribution in [-0.2, 0) is 9.84 Å². The monoisotopic (exact) mass is 309 g/mol. The zero-order chi connectivity index (χ0) is 15.0. The molecule has 112 valence electrons. The average Bonchev–Trinajstić information content (AvgIpc) is 3.01. The third-order valence-corrected chi connectivity index (χ3v) is 5.25. The van der Waals surface area contributed by atoms with Crippen LogP contribution in [0, 0.1) is 0 Å². The van der Waals surface area contributed by atoms with Gasteiger partial charge in [-0.3, -0.25) is 0 Å². The number of hydrogen-bond donors (Lipinski definition) is 0. The molecule has 1 aliphatic rings. The summed E-state index contributed by atoms with van der Waals surface area (Å²) in [7, 11) is -3.53. The molecule has 0 fully saturated rings. The Morgan fingerprint density at radius 2 is 2.05 bits per heavy atom. The minimum Gasteiger partial charge on any atom is -0.239 e. The summed E-state index contributed by atoms with van der Waals surface area (Å²) in [6.45, 7) is 1.77. The number of sulfone groups is 1. The summed E-state index contributed by atoms with van der Waals surface area (Å²) < 4.78 is 39.6. The second-order valence-electron chi connectivity index (χ2n) is 5.15. The van der Waals surface area contributed by atoms with Crippen LogP contribution in [0.4, 0.5) is 4.39 Å². The van der Waals surface area contributed by atoms with Crippen LogP contribution in [0.1, 0.15) is 43.4 Å². The van der Waals surface area contributed by atoms with E-state index in [0.717, 1.165) is 5.56 Å². The standard InChI is InChI=1S/C14H16FN3O2S/c1-2-8-21(19,20)14-16-13-11(15)9-12(18(13)17-14)10-6-4-3-5-7-10/h3-7,11-12H,2,8-9H2,1H3/t11-,12-/m0/s1. The number of hydrogen-bond acceptors (Lipinski definition) is 4. The normalized spacial score (nSPS) is 21.4. The minimum atomic E-state index is -3.53. The highest BCUT2D eigenvalue weighted by atomic mass is 32.2. The van der Waals surface area contributed by atoms with Gasteiger partial charge < -0.3 is 0 Å². The van der Waals surface area contributed by atoms with Crippen molar-refractivity contribution in [3.8, 4) is 0 Å². The molecule has 5 nitrogen and oxygen atoms in total. The lowest BCUT2D eigenvalue weighted by Gasteiger charge is -2.11. The highest BCUT2D eigenvalue weighted by molar-refractivity contribution is 7.91. The van der Waals surface area contributed by atoms with Crippen molar-refractivity contribution in [3.63, 3.8) is 0 Å². The Labute approximate surface area is 122 Å². The van der Waals surface area contributed by atoms with Gasteiger partial charge in [0.2, 0.25) is 9.84 Å². The minimum absolute atomic E-state index is 0.0244. The Hall–Kier alpha value is -1.76. The van der Waals surface area contributed by atoms with Crippen LogP contribution in [0.15, 0.2) is 35.5 Å². The highest BCUT2D eigenvalue weighted by Crippen LogP contribution is 2.39. The van der Waals surface area contributed by atoms with Gasteiger partial charge in [-0.05, 0) is 12.0 Å². The fourth-order valence-electron chi connectivity index (χ4n) is 2.60. The highest BCUT2D eigenvalue weighted by Gasteiger charge is 2.37. The van der Waals surface area contributed by atoms with E-state index in [1.807, 2.05) is 30.3 Å². The maximum absolute atomic E-state index is 14.1. The van der Waals surface area contributed by atoms with Crippen molar-refractivity contribution >= 4 is 9.84 Å². The first-order valence-corrected chi connectivity index (χ1v) is 8.56. The lowest BCUT2D eigenvalue weighted by atomic mass is 10.0. The molecule has 2 atom stereocenters. The summed E-state index contributed by atoms with van der Waals surface area (Å²) in [4.78, 5) is 3.93. The molecule has 0 radical (unpaired) electrons. The van der Waals surface area contributed by atoms with Gasteiger partial charge in [-0.1, -0.05) is 37.3 Å². The number of fused-ring (bicyclic) bond motifs is 1. The van der Waals surface area contributed by atoms with E-state index < -0.39 is 16.0 Å². The van der Waals surface area contributed by atoms with Crippen LogP contribution in [0.5, 0.6) is 0 Å². The van der Waals surface area contributed by atoms with Crippen LogP contribution in [-0.4, -0.2) is 28.9 Å². The van der Waals surface area contributed by atoms with Crippen LogP contribution in [0.3, 0.4) is 0 Å². The van der Waals surface area contributed by atoms with Crippen LogP contribution in [0.2, 0.25) is 0 Å². The smallest absolute Gasteiger partial charge is 0.239 e. The Morgan fingerprint density at radius 1 is 1.33 bits per heavy atom. The van der Waals surface area contributed by atoms with Gasteiger partial charge in [-0.25, -0.2) is 17.5 Å². The second kappa shape index (κ2) is 5.22. The average molecular weight is 309 g/mol. The lowest BCUT2D eigenvalue weighted by Crippen LogP contribution is -2.11. The first-order valence-electron chi connectivity index (χ1n) is 6.91. The lowest BCUT2D eigenvalue weighted by molar-refractivity contribution is 0.326. The molecule has 1 aliphatic heterocycles.